The van der Waals surface area contributed by atoms with Gasteiger partial charge >= 0.3 is 0 Å². The molecule has 120 valence electrons. The van der Waals surface area contributed by atoms with Crippen molar-refractivity contribution in [3.8, 4) is 0 Å². The van der Waals surface area contributed by atoms with Crippen LogP contribution in [0.3, 0.4) is 0 Å². The van der Waals surface area contributed by atoms with E-state index in [9.17, 15) is 9.59 Å². The topological polar surface area (TPSA) is 65.2 Å². The van der Waals surface area contributed by atoms with Crippen molar-refractivity contribution >= 4 is 5.91 Å². The number of carbonyl (C=O) groups is 1. The van der Waals surface area contributed by atoms with E-state index in [1.54, 1.807) is 13.0 Å². The first-order chi connectivity index (χ1) is 11.1. The summed E-state index contributed by atoms with van der Waals surface area (Å²) in [4.78, 5) is 28.5. The number of nitrogens with one attached hydrogen (secondary N) is 2. The predicted molar refractivity (Wildman–Crippen MR) is 89.6 cm³/mol. The Labute approximate surface area is 135 Å². The summed E-state index contributed by atoms with van der Waals surface area (Å²) in [6.45, 7) is 5.09. The lowest BCUT2D eigenvalue weighted by Crippen LogP contribution is -2.38. The van der Waals surface area contributed by atoms with Gasteiger partial charge in [-0.2, -0.15) is 0 Å². The quantitative estimate of drug-likeness (QED) is 0.899. The van der Waals surface area contributed by atoms with E-state index >= 15 is 0 Å². The van der Waals surface area contributed by atoms with Gasteiger partial charge < -0.3 is 10.3 Å². The molecule has 1 aliphatic heterocycles. The lowest BCUT2D eigenvalue weighted by atomic mass is 10.00. The summed E-state index contributed by atoms with van der Waals surface area (Å²) >= 11 is 0. The maximum absolute atomic E-state index is 12.1. The number of rotatable bonds is 4. The Morgan fingerprint density at radius 3 is 2.83 bits per heavy atom. The number of aromatic amines is 1. The summed E-state index contributed by atoms with van der Waals surface area (Å²) in [5.74, 6) is -0.198. The number of benzene rings is 1. The first-order valence-electron chi connectivity index (χ1n) is 7.90. The van der Waals surface area contributed by atoms with Crippen molar-refractivity contribution in [3.05, 3.63) is 69.1 Å². The van der Waals surface area contributed by atoms with Crippen LogP contribution in [0.5, 0.6) is 0 Å². The first kappa shape index (κ1) is 15.5. The fourth-order valence-electron chi connectivity index (χ4n) is 2.99. The van der Waals surface area contributed by atoms with E-state index in [4.69, 9.17) is 0 Å². The Balaban J connectivity index is 1.52. The number of aromatic nitrogens is 1. The van der Waals surface area contributed by atoms with E-state index in [1.165, 1.54) is 17.2 Å². The number of aryl methyl sites for hydroxylation is 1. The van der Waals surface area contributed by atoms with E-state index in [0.29, 0.717) is 17.8 Å². The average molecular weight is 311 g/mol. The zero-order chi connectivity index (χ0) is 16.2. The minimum Gasteiger partial charge on any atom is -0.351 e. The van der Waals surface area contributed by atoms with Gasteiger partial charge in [-0.1, -0.05) is 24.3 Å². The van der Waals surface area contributed by atoms with Gasteiger partial charge in [0.2, 0.25) is 5.56 Å². The molecule has 0 unspecified atom stereocenters. The summed E-state index contributed by atoms with van der Waals surface area (Å²) in [5.41, 5.74) is 3.65. The highest BCUT2D eigenvalue weighted by Gasteiger charge is 2.15. The van der Waals surface area contributed by atoms with Crippen LogP contribution in [-0.2, 0) is 13.0 Å². The molecule has 0 saturated carbocycles. The van der Waals surface area contributed by atoms with Crippen molar-refractivity contribution in [3.63, 3.8) is 0 Å². The van der Waals surface area contributed by atoms with Crippen LogP contribution in [0.25, 0.3) is 0 Å². The number of carbonyl (C=O) groups excluding carboxylic acids is 1. The van der Waals surface area contributed by atoms with Crippen LogP contribution in [0.1, 0.15) is 27.2 Å². The molecule has 0 saturated heterocycles. The van der Waals surface area contributed by atoms with E-state index in [0.717, 1.165) is 26.1 Å². The van der Waals surface area contributed by atoms with Gasteiger partial charge in [-0.15, -0.1) is 0 Å². The first-order valence-corrected chi connectivity index (χ1v) is 7.90. The zero-order valence-electron chi connectivity index (χ0n) is 13.3. The van der Waals surface area contributed by atoms with Gasteiger partial charge in [0.05, 0.1) is 0 Å². The number of pyridine rings is 1. The third kappa shape index (κ3) is 3.87. The molecule has 2 N–H and O–H groups in total. The molecule has 1 aromatic heterocycles. The van der Waals surface area contributed by atoms with Gasteiger partial charge in [-0.3, -0.25) is 14.5 Å². The average Bonchev–Trinajstić information content (AvgIpc) is 2.53. The Hall–Kier alpha value is -2.40. The number of fused-ring (bicyclic) bond motifs is 1. The largest absolute Gasteiger partial charge is 0.351 e. The van der Waals surface area contributed by atoms with E-state index < -0.39 is 0 Å². The number of amides is 1. The van der Waals surface area contributed by atoms with Crippen molar-refractivity contribution < 1.29 is 4.79 Å². The smallest absolute Gasteiger partial charge is 0.251 e. The third-order valence-electron chi connectivity index (χ3n) is 4.16. The fraction of sp³-hybridized carbons (Fsp3) is 0.333. The molecular formula is C18H21N3O2. The van der Waals surface area contributed by atoms with Gasteiger partial charge in [0.15, 0.2) is 0 Å². The molecular weight excluding hydrogens is 290 g/mol. The third-order valence-corrected chi connectivity index (χ3v) is 4.16. The molecule has 1 aliphatic rings. The maximum atomic E-state index is 12.1. The van der Waals surface area contributed by atoms with E-state index in [1.807, 2.05) is 0 Å². The predicted octanol–water partition coefficient (Wildman–Crippen LogP) is 1.47. The minimum absolute atomic E-state index is 0.198. The Bertz CT molecular complexity index is 767. The van der Waals surface area contributed by atoms with Gasteiger partial charge in [-0.25, -0.2) is 0 Å². The SMILES string of the molecule is Cc1cc(C(=O)NCCN2CCc3ccccc3C2)cc(=O)[nH]1. The summed E-state index contributed by atoms with van der Waals surface area (Å²) in [5, 5.41) is 2.89. The van der Waals surface area contributed by atoms with Crippen LogP contribution in [0.15, 0.2) is 41.2 Å². The summed E-state index contributed by atoms with van der Waals surface area (Å²) in [6, 6.07) is 11.5. The second-order valence-corrected chi connectivity index (χ2v) is 5.97. The zero-order valence-corrected chi connectivity index (χ0v) is 13.3. The molecule has 1 aromatic carbocycles. The molecule has 0 atom stereocenters. The molecule has 2 aromatic rings. The van der Waals surface area contributed by atoms with Crippen LogP contribution >= 0.6 is 0 Å². The van der Waals surface area contributed by atoms with Crippen molar-refractivity contribution in [2.45, 2.75) is 19.9 Å². The Kier molecular flexibility index (Phi) is 4.57. The number of hydrogen-bond donors (Lipinski definition) is 2. The number of hydrogen-bond acceptors (Lipinski definition) is 3. The van der Waals surface area contributed by atoms with Crippen molar-refractivity contribution in [1.29, 1.82) is 0 Å². The molecule has 2 heterocycles. The molecule has 0 radical (unpaired) electrons. The highest BCUT2D eigenvalue weighted by molar-refractivity contribution is 5.94. The molecule has 0 aliphatic carbocycles. The van der Waals surface area contributed by atoms with Gasteiger partial charge in [0.25, 0.3) is 5.91 Å². The molecule has 0 spiro atoms. The van der Waals surface area contributed by atoms with Gasteiger partial charge in [0, 0.05) is 43.5 Å². The Morgan fingerprint density at radius 2 is 2.04 bits per heavy atom. The normalized spacial score (nSPS) is 14.3. The fourth-order valence-corrected chi connectivity index (χ4v) is 2.99. The molecule has 1 amide bonds. The number of H-pyrrole nitrogens is 1. The van der Waals surface area contributed by atoms with Crippen molar-refractivity contribution in [2.75, 3.05) is 19.6 Å². The molecule has 0 bridgehead atoms. The maximum Gasteiger partial charge on any atom is 0.251 e. The summed E-state index contributed by atoms with van der Waals surface area (Å²) in [6.07, 6.45) is 1.05. The number of nitrogens with zero attached hydrogens (tertiary/aromatic N) is 1. The lowest BCUT2D eigenvalue weighted by molar-refractivity contribution is 0.0947. The summed E-state index contributed by atoms with van der Waals surface area (Å²) < 4.78 is 0. The minimum atomic E-state index is -0.247. The van der Waals surface area contributed by atoms with Crippen LogP contribution < -0.4 is 10.9 Å². The molecule has 3 rings (SSSR count). The highest BCUT2D eigenvalue weighted by Crippen LogP contribution is 2.17. The van der Waals surface area contributed by atoms with E-state index in [-0.39, 0.29) is 11.5 Å². The molecule has 5 heteroatoms. The lowest BCUT2D eigenvalue weighted by Gasteiger charge is -2.28. The molecule has 0 fully saturated rings. The monoisotopic (exact) mass is 311 g/mol. The van der Waals surface area contributed by atoms with Crippen molar-refractivity contribution in [2.24, 2.45) is 0 Å². The van der Waals surface area contributed by atoms with Gasteiger partial charge in [0.1, 0.15) is 0 Å². The van der Waals surface area contributed by atoms with Crippen LogP contribution in [0.4, 0.5) is 0 Å². The molecule has 5 nitrogen and oxygen atoms in total. The Morgan fingerprint density at radius 1 is 1.26 bits per heavy atom. The molecule has 23 heavy (non-hydrogen) atoms. The summed E-state index contributed by atoms with van der Waals surface area (Å²) in [7, 11) is 0. The standard InChI is InChI=1S/C18H21N3O2/c1-13-10-16(11-17(22)20-13)18(23)19-7-9-21-8-6-14-4-2-3-5-15(14)12-21/h2-5,10-11H,6-9,12H2,1H3,(H,19,23)(H,20,22). The highest BCUT2D eigenvalue weighted by atomic mass is 16.2. The van der Waals surface area contributed by atoms with Crippen LogP contribution in [0, 0.1) is 6.92 Å². The van der Waals surface area contributed by atoms with E-state index in [2.05, 4.69) is 39.5 Å². The van der Waals surface area contributed by atoms with Crippen LogP contribution in [-0.4, -0.2) is 35.4 Å². The van der Waals surface area contributed by atoms with Crippen molar-refractivity contribution in [1.82, 2.24) is 15.2 Å². The second-order valence-electron chi connectivity index (χ2n) is 5.97. The second kappa shape index (κ2) is 6.79. The van der Waals surface area contributed by atoms with Gasteiger partial charge in [-0.05, 0) is 30.5 Å². The van der Waals surface area contributed by atoms with Crippen LogP contribution in [0.2, 0.25) is 0 Å².